The van der Waals surface area contributed by atoms with Gasteiger partial charge in [0.05, 0.1) is 60.6 Å². The van der Waals surface area contributed by atoms with Crippen molar-refractivity contribution in [2.45, 2.75) is 77.5 Å². The molecular formula is C50H62N20O7S2. The van der Waals surface area contributed by atoms with Crippen molar-refractivity contribution in [3.63, 3.8) is 0 Å². The highest BCUT2D eigenvalue weighted by molar-refractivity contribution is 7.98. The number of carbonyl (C=O) groups is 2. The highest BCUT2D eigenvalue weighted by atomic mass is 32.2. The van der Waals surface area contributed by atoms with E-state index in [1.54, 1.807) is 42.7 Å². The van der Waals surface area contributed by atoms with Crippen molar-refractivity contribution in [3.05, 3.63) is 104 Å². The number of hydrogen-bond donors (Lipinski definition) is 2. The van der Waals surface area contributed by atoms with Gasteiger partial charge in [-0.05, 0) is 65.9 Å². The number of imidazole rings is 2. The summed E-state index contributed by atoms with van der Waals surface area (Å²) < 4.78 is 7.06. The zero-order chi connectivity index (χ0) is 56.9. The van der Waals surface area contributed by atoms with E-state index in [1.165, 1.54) is 94.8 Å². The van der Waals surface area contributed by atoms with Crippen molar-refractivity contribution < 1.29 is 14.7 Å². The van der Waals surface area contributed by atoms with Crippen LogP contribution in [0.1, 0.15) is 53.4 Å². The maximum absolute atomic E-state index is 13.5. The number of amides is 1. The number of anilines is 4. The van der Waals surface area contributed by atoms with Gasteiger partial charge < -0.3 is 29.4 Å². The number of aryl methyl sites for hydroxylation is 2. The Morgan fingerprint density at radius 3 is 1.53 bits per heavy atom. The van der Waals surface area contributed by atoms with Crippen LogP contribution in [0, 0.1) is 0 Å². The third-order valence-electron chi connectivity index (χ3n) is 13.7. The predicted molar refractivity (Wildman–Crippen MR) is 303 cm³/mol. The number of hydrogen-bond acceptors (Lipinski definition) is 21. The molecule has 0 radical (unpaired) electrons. The first-order valence-electron chi connectivity index (χ1n) is 25.0. The van der Waals surface area contributed by atoms with E-state index >= 15 is 0 Å². The summed E-state index contributed by atoms with van der Waals surface area (Å²) in [6.45, 7) is 10.3. The molecule has 27 nitrogen and oxygen atoms in total. The van der Waals surface area contributed by atoms with Crippen molar-refractivity contribution in [1.29, 1.82) is 0 Å². The van der Waals surface area contributed by atoms with Crippen LogP contribution in [0.2, 0.25) is 0 Å². The Bertz CT molecular complexity index is 3780. The van der Waals surface area contributed by atoms with Gasteiger partial charge in [-0.3, -0.25) is 52.3 Å². The van der Waals surface area contributed by atoms with Gasteiger partial charge in [0.15, 0.2) is 28.1 Å². The van der Waals surface area contributed by atoms with Gasteiger partial charge in [0, 0.05) is 88.3 Å². The molecule has 0 atom stereocenters. The van der Waals surface area contributed by atoms with Crippen molar-refractivity contribution >= 4 is 81.3 Å². The van der Waals surface area contributed by atoms with Crippen molar-refractivity contribution in [2.24, 2.45) is 28.2 Å². The fourth-order valence-electron chi connectivity index (χ4n) is 9.31. The van der Waals surface area contributed by atoms with Crippen LogP contribution in [0.25, 0.3) is 44.8 Å². The second kappa shape index (κ2) is 23.7. The molecule has 416 valence electrons. The summed E-state index contributed by atoms with van der Waals surface area (Å²) in [5.74, 6) is 2.33. The summed E-state index contributed by atoms with van der Waals surface area (Å²) in [7, 11) is 5.74. The molecule has 0 aliphatic carbocycles. The van der Waals surface area contributed by atoms with Crippen LogP contribution >= 0.6 is 23.5 Å². The molecule has 79 heavy (non-hydrogen) atoms. The zero-order valence-electron chi connectivity index (χ0n) is 45.6. The lowest BCUT2D eigenvalue weighted by Gasteiger charge is -2.31. The summed E-state index contributed by atoms with van der Waals surface area (Å²) >= 11 is 3.15. The molecule has 2 N–H and O–H groups in total. The number of thioether (sulfide) groups is 2. The van der Waals surface area contributed by atoms with Gasteiger partial charge in [0.1, 0.15) is 18.9 Å². The van der Waals surface area contributed by atoms with Gasteiger partial charge in [-0.2, -0.15) is 0 Å². The molecule has 2 fully saturated rings. The standard InChI is InChI=1S/C25H30N10O3S.C16H22N6S.C9H10N4O4/c1-25(2)7-6-8-35(25)23-27-9-16(10-28-23)17-11-26-12-18(30-17)34(15-39-5)19(36)13-33-14-29-21-20(33)22(37)32(4)24(38)31(21)3;1-16(2)5-4-6-22(16)15-18-7-12(8-19-15)13-9-17-10-14(21-13)20-11-23-3;1-11-7-6(8(16)12(2)9(11)17)13(4-10-7)3-5(14)15/h9-12,14H,6-8,13,15H2,1-5H3;7-10H,4-6,11H2,1-3H3,(H,20,21);4H,3H2,1-2H3,(H,14,15). The van der Waals surface area contributed by atoms with Gasteiger partial charge in [-0.15, -0.1) is 23.5 Å². The monoisotopic (exact) mass is 1120 g/mol. The topological polar surface area (TPSA) is 303 Å². The third-order valence-corrected chi connectivity index (χ3v) is 14.6. The van der Waals surface area contributed by atoms with Crippen LogP contribution in [0.15, 0.2) is 81.4 Å². The smallest absolute Gasteiger partial charge is 0.332 e. The number of carbonyl (C=O) groups excluding carboxylic acids is 1. The number of carboxylic acid groups (broad SMARTS) is 1. The normalized spacial score (nSPS) is 14.5. The van der Waals surface area contributed by atoms with Crippen LogP contribution in [0.4, 0.5) is 23.5 Å². The van der Waals surface area contributed by atoms with Crippen molar-refractivity contribution in [3.8, 4) is 22.5 Å². The van der Waals surface area contributed by atoms with Gasteiger partial charge in [-0.25, -0.2) is 49.5 Å². The third kappa shape index (κ3) is 12.1. The van der Waals surface area contributed by atoms with Crippen LogP contribution in [-0.2, 0) is 50.9 Å². The van der Waals surface area contributed by atoms with Crippen LogP contribution in [0.5, 0.6) is 0 Å². The molecule has 10 heterocycles. The molecule has 0 unspecified atom stereocenters. The Balaban J connectivity index is 0.000000173. The van der Waals surface area contributed by atoms with Crippen LogP contribution in [-0.4, -0.2) is 143 Å². The van der Waals surface area contributed by atoms with E-state index in [9.17, 15) is 28.8 Å². The quantitative estimate of drug-likeness (QED) is 0.148. The number of nitrogens with one attached hydrogen (secondary N) is 1. The first kappa shape index (κ1) is 56.9. The summed E-state index contributed by atoms with van der Waals surface area (Å²) in [5, 5.41) is 11.9. The first-order valence-corrected chi connectivity index (χ1v) is 27.7. The lowest BCUT2D eigenvalue weighted by molar-refractivity contribution is -0.137. The van der Waals surface area contributed by atoms with E-state index in [-0.39, 0.29) is 52.4 Å². The number of carboxylic acids is 1. The number of fused-ring (bicyclic) bond motifs is 2. The van der Waals surface area contributed by atoms with E-state index in [2.05, 4.69) is 92.7 Å². The summed E-state index contributed by atoms with van der Waals surface area (Å²) in [5.41, 5.74) is 1.66. The highest BCUT2D eigenvalue weighted by Crippen LogP contribution is 2.33. The number of aliphatic carboxylic acids is 1. The molecule has 29 heteroatoms. The largest absolute Gasteiger partial charge is 0.480 e. The minimum atomic E-state index is -1.08. The minimum Gasteiger partial charge on any atom is -0.480 e. The fraction of sp³-hybridized carbons (Fsp3) is 0.440. The van der Waals surface area contributed by atoms with Gasteiger partial charge in [-0.1, -0.05) is 0 Å². The lowest BCUT2D eigenvalue weighted by atomic mass is 10.0. The first-order chi connectivity index (χ1) is 37.6. The summed E-state index contributed by atoms with van der Waals surface area (Å²) in [6, 6.07) is 0. The van der Waals surface area contributed by atoms with E-state index < -0.39 is 28.5 Å². The molecule has 2 saturated heterocycles. The van der Waals surface area contributed by atoms with Crippen molar-refractivity contribution in [2.75, 3.05) is 57.4 Å². The maximum Gasteiger partial charge on any atom is 0.332 e. The second-order valence-corrected chi connectivity index (χ2v) is 21.7. The molecule has 0 bridgehead atoms. The van der Waals surface area contributed by atoms with Gasteiger partial charge >= 0.3 is 17.3 Å². The Kier molecular flexibility index (Phi) is 17.1. The zero-order valence-corrected chi connectivity index (χ0v) is 47.2. The summed E-state index contributed by atoms with van der Waals surface area (Å²) in [6.07, 6.45) is 24.8. The Morgan fingerprint density at radius 2 is 1.09 bits per heavy atom. The molecule has 2 aliphatic heterocycles. The maximum atomic E-state index is 13.5. The van der Waals surface area contributed by atoms with Gasteiger partial charge in [0.2, 0.25) is 17.8 Å². The summed E-state index contributed by atoms with van der Waals surface area (Å²) in [4.78, 5) is 123. The Hall–Kier alpha value is -8.34. The SMILES string of the molecule is CSCN(C(=O)Cn1cnc2c1c(=O)n(C)c(=O)n2C)c1cncc(-c2cnc(N3CCCC3(C)C)nc2)n1.CSCNc1cncc(-c2cnc(N3CCCC3(C)C)nc2)n1.Cn1c(=O)c2c(ncn2CC(=O)O)n(C)c1=O. The average molecular weight is 1120 g/mol. The van der Waals surface area contributed by atoms with Crippen LogP contribution in [0.3, 0.4) is 0 Å². The average Bonchev–Trinajstić information content (AvgIpc) is 4.31. The van der Waals surface area contributed by atoms with E-state index in [0.29, 0.717) is 28.9 Å². The van der Waals surface area contributed by atoms with Crippen LogP contribution < -0.4 is 42.5 Å². The molecular weight excluding hydrogens is 1060 g/mol. The van der Waals surface area contributed by atoms with E-state index in [0.717, 1.165) is 64.0 Å². The minimum absolute atomic E-state index is 0.0133. The Morgan fingerprint density at radius 1 is 0.620 bits per heavy atom. The second-order valence-electron chi connectivity index (χ2n) is 20.0. The number of nitrogens with zero attached hydrogens (tertiary/aromatic N) is 19. The molecule has 2 aliphatic rings. The lowest BCUT2D eigenvalue weighted by Crippen LogP contribution is -2.39. The fourth-order valence-corrected chi connectivity index (χ4v) is 10.1. The van der Waals surface area contributed by atoms with Crippen molar-refractivity contribution in [1.82, 2.24) is 77.2 Å². The molecule has 10 rings (SSSR count). The predicted octanol–water partition coefficient (Wildman–Crippen LogP) is 2.98. The molecule has 0 saturated carbocycles. The van der Waals surface area contributed by atoms with E-state index in [1.807, 2.05) is 24.9 Å². The highest BCUT2D eigenvalue weighted by Gasteiger charge is 2.35. The number of rotatable bonds is 14. The molecule has 0 aromatic carbocycles. The van der Waals surface area contributed by atoms with Gasteiger partial charge in [0.25, 0.3) is 11.1 Å². The number of aromatic nitrogens is 16. The molecule has 8 aromatic rings. The molecule has 0 spiro atoms. The molecule has 1 amide bonds. The molecule has 8 aromatic heterocycles. The Labute approximate surface area is 460 Å². The van der Waals surface area contributed by atoms with E-state index in [4.69, 9.17) is 5.11 Å².